The van der Waals surface area contributed by atoms with Crippen LogP contribution in [-0.4, -0.2) is 29.8 Å². The molecule has 0 radical (unpaired) electrons. The lowest BCUT2D eigenvalue weighted by molar-refractivity contribution is -0.0935. The molecule has 1 aromatic rings. The van der Waals surface area contributed by atoms with Crippen molar-refractivity contribution < 1.29 is 9.47 Å². The van der Waals surface area contributed by atoms with E-state index in [0.29, 0.717) is 31.5 Å². The van der Waals surface area contributed by atoms with Gasteiger partial charge in [0.05, 0.1) is 30.0 Å². The van der Waals surface area contributed by atoms with Gasteiger partial charge in [-0.3, -0.25) is 0 Å². The van der Waals surface area contributed by atoms with E-state index in [1.807, 2.05) is 0 Å². The van der Waals surface area contributed by atoms with Crippen molar-refractivity contribution in [3.05, 3.63) is 16.0 Å². The van der Waals surface area contributed by atoms with E-state index in [2.05, 4.69) is 39.7 Å². The number of hydrogen-bond donors (Lipinski definition) is 1. The van der Waals surface area contributed by atoms with Crippen molar-refractivity contribution in [2.45, 2.75) is 25.9 Å². The van der Waals surface area contributed by atoms with Crippen LogP contribution in [0.15, 0.2) is 4.47 Å². The summed E-state index contributed by atoms with van der Waals surface area (Å²) in [6, 6.07) is 0. The van der Waals surface area contributed by atoms with Gasteiger partial charge in [0.25, 0.3) is 0 Å². The normalized spacial score (nSPS) is 20.8. The molecule has 1 fully saturated rings. The number of rotatable bonds is 2. The molecule has 17 heavy (non-hydrogen) atoms. The third kappa shape index (κ3) is 2.75. The van der Waals surface area contributed by atoms with Crippen LogP contribution in [0, 0.1) is 0 Å². The first-order valence-electron chi connectivity index (χ1n) is 5.61. The van der Waals surface area contributed by atoms with Gasteiger partial charge in [-0.05, 0) is 21.8 Å². The minimum absolute atomic E-state index is 0.211. The summed E-state index contributed by atoms with van der Waals surface area (Å²) in [6.45, 7) is 5.81. The van der Waals surface area contributed by atoms with Crippen LogP contribution in [0.2, 0.25) is 0 Å². The van der Waals surface area contributed by atoms with Crippen LogP contribution >= 0.6 is 15.9 Å². The second-order valence-electron chi connectivity index (χ2n) is 4.26. The van der Waals surface area contributed by atoms with Crippen LogP contribution in [0.5, 0.6) is 0 Å². The predicted octanol–water partition coefficient (Wildman–Crippen LogP) is 2.03. The number of nitrogens with two attached hydrogens (primary N) is 1. The molecule has 0 saturated carbocycles. The lowest BCUT2D eigenvalue weighted by Gasteiger charge is -2.23. The number of anilines is 1. The SMILES string of the molecule is CC(C)c1nc(C2COCCO2)nc(N)c1Br. The number of nitrogen functional groups attached to an aromatic ring is 1. The Balaban J connectivity index is 2.34. The van der Waals surface area contributed by atoms with Gasteiger partial charge in [0.2, 0.25) is 0 Å². The summed E-state index contributed by atoms with van der Waals surface area (Å²) in [6.07, 6.45) is -0.211. The van der Waals surface area contributed by atoms with E-state index in [1.165, 1.54) is 0 Å². The zero-order chi connectivity index (χ0) is 12.4. The predicted molar refractivity (Wildman–Crippen MR) is 67.7 cm³/mol. The van der Waals surface area contributed by atoms with E-state index >= 15 is 0 Å². The van der Waals surface area contributed by atoms with Crippen LogP contribution in [0.3, 0.4) is 0 Å². The van der Waals surface area contributed by atoms with Gasteiger partial charge in [-0.15, -0.1) is 0 Å². The van der Waals surface area contributed by atoms with E-state index in [0.717, 1.165) is 10.2 Å². The van der Waals surface area contributed by atoms with E-state index in [-0.39, 0.29) is 12.0 Å². The third-order valence-corrected chi connectivity index (χ3v) is 3.38. The van der Waals surface area contributed by atoms with Crippen LogP contribution in [0.4, 0.5) is 5.82 Å². The topological polar surface area (TPSA) is 70.3 Å². The van der Waals surface area contributed by atoms with Crippen molar-refractivity contribution in [1.29, 1.82) is 0 Å². The monoisotopic (exact) mass is 301 g/mol. The molecule has 1 atom stereocenters. The molecule has 6 heteroatoms. The highest BCUT2D eigenvalue weighted by molar-refractivity contribution is 9.10. The van der Waals surface area contributed by atoms with Crippen molar-refractivity contribution in [3.8, 4) is 0 Å². The Bertz CT molecular complexity index is 406. The van der Waals surface area contributed by atoms with Gasteiger partial charge in [0, 0.05) is 0 Å². The van der Waals surface area contributed by atoms with Crippen LogP contribution < -0.4 is 5.73 Å². The molecule has 0 spiro atoms. The highest BCUT2D eigenvalue weighted by atomic mass is 79.9. The number of nitrogens with zero attached hydrogens (tertiary/aromatic N) is 2. The van der Waals surface area contributed by atoms with Gasteiger partial charge in [-0.25, -0.2) is 9.97 Å². The Morgan fingerprint density at radius 2 is 2.12 bits per heavy atom. The molecule has 1 aromatic heterocycles. The van der Waals surface area contributed by atoms with E-state index in [1.54, 1.807) is 0 Å². The van der Waals surface area contributed by atoms with Crippen LogP contribution in [0.1, 0.15) is 37.4 Å². The van der Waals surface area contributed by atoms with Crippen molar-refractivity contribution >= 4 is 21.7 Å². The zero-order valence-electron chi connectivity index (χ0n) is 9.94. The summed E-state index contributed by atoms with van der Waals surface area (Å²) >= 11 is 3.42. The Labute approximate surface area is 109 Å². The standard InChI is InChI=1S/C11H16BrN3O2/c1-6(2)9-8(12)10(13)15-11(14-9)7-5-16-3-4-17-7/h6-7H,3-5H2,1-2H3,(H2,13,14,15). The molecule has 0 aliphatic carbocycles. The van der Waals surface area contributed by atoms with Crippen molar-refractivity contribution in [1.82, 2.24) is 9.97 Å². The molecular weight excluding hydrogens is 286 g/mol. The van der Waals surface area contributed by atoms with Crippen molar-refractivity contribution in [2.75, 3.05) is 25.6 Å². The molecule has 1 aliphatic heterocycles. The third-order valence-electron chi connectivity index (χ3n) is 2.57. The lowest BCUT2D eigenvalue weighted by atomic mass is 10.1. The summed E-state index contributed by atoms with van der Waals surface area (Å²) < 4.78 is 11.7. The maximum absolute atomic E-state index is 5.87. The zero-order valence-corrected chi connectivity index (χ0v) is 11.5. The number of aromatic nitrogens is 2. The number of hydrogen-bond acceptors (Lipinski definition) is 5. The fourth-order valence-corrected chi connectivity index (χ4v) is 2.30. The summed E-state index contributed by atoms with van der Waals surface area (Å²) in [5.41, 5.74) is 6.78. The molecule has 1 unspecified atom stereocenters. The highest BCUT2D eigenvalue weighted by Gasteiger charge is 2.22. The molecule has 0 bridgehead atoms. The van der Waals surface area contributed by atoms with Crippen molar-refractivity contribution in [3.63, 3.8) is 0 Å². The molecule has 1 aliphatic rings. The maximum atomic E-state index is 5.87. The van der Waals surface area contributed by atoms with E-state index < -0.39 is 0 Å². The Morgan fingerprint density at radius 3 is 2.71 bits per heavy atom. The fourth-order valence-electron chi connectivity index (χ4n) is 1.66. The summed E-state index contributed by atoms with van der Waals surface area (Å²) in [5.74, 6) is 1.33. The molecule has 1 saturated heterocycles. The van der Waals surface area contributed by atoms with Crippen LogP contribution in [-0.2, 0) is 9.47 Å². The Morgan fingerprint density at radius 1 is 1.35 bits per heavy atom. The summed E-state index contributed by atoms with van der Waals surface area (Å²) in [7, 11) is 0. The maximum Gasteiger partial charge on any atom is 0.162 e. The quantitative estimate of drug-likeness (QED) is 0.905. The molecule has 94 valence electrons. The average Bonchev–Trinajstić information content (AvgIpc) is 2.33. The minimum Gasteiger partial charge on any atom is -0.383 e. The van der Waals surface area contributed by atoms with Gasteiger partial charge in [0.15, 0.2) is 5.82 Å². The van der Waals surface area contributed by atoms with Gasteiger partial charge in [-0.2, -0.15) is 0 Å². The smallest absolute Gasteiger partial charge is 0.162 e. The molecule has 0 amide bonds. The average molecular weight is 302 g/mol. The van der Waals surface area contributed by atoms with Gasteiger partial charge in [0.1, 0.15) is 11.9 Å². The molecule has 2 heterocycles. The van der Waals surface area contributed by atoms with Gasteiger partial charge in [-0.1, -0.05) is 13.8 Å². The second-order valence-corrected chi connectivity index (χ2v) is 5.05. The summed E-state index contributed by atoms with van der Waals surface area (Å²) in [4.78, 5) is 8.77. The molecular formula is C11H16BrN3O2. The van der Waals surface area contributed by atoms with Crippen molar-refractivity contribution in [2.24, 2.45) is 0 Å². The number of ether oxygens (including phenoxy) is 2. The van der Waals surface area contributed by atoms with E-state index in [4.69, 9.17) is 15.2 Å². The van der Waals surface area contributed by atoms with Crippen LogP contribution in [0.25, 0.3) is 0 Å². The minimum atomic E-state index is -0.211. The second kappa shape index (κ2) is 5.29. The Kier molecular flexibility index (Phi) is 3.96. The first kappa shape index (κ1) is 12.7. The molecule has 5 nitrogen and oxygen atoms in total. The summed E-state index contributed by atoms with van der Waals surface area (Å²) in [5, 5.41) is 0. The Hall–Kier alpha value is -0.720. The first-order valence-corrected chi connectivity index (χ1v) is 6.41. The highest BCUT2D eigenvalue weighted by Crippen LogP contribution is 2.29. The largest absolute Gasteiger partial charge is 0.383 e. The molecule has 0 aromatic carbocycles. The van der Waals surface area contributed by atoms with Gasteiger partial charge < -0.3 is 15.2 Å². The fraction of sp³-hybridized carbons (Fsp3) is 0.636. The first-order chi connectivity index (χ1) is 8.09. The number of halogens is 1. The van der Waals surface area contributed by atoms with Gasteiger partial charge >= 0.3 is 0 Å². The molecule has 2 rings (SSSR count). The lowest BCUT2D eigenvalue weighted by Crippen LogP contribution is -2.24. The van der Waals surface area contributed by atoms with E-state index in [9.17, 15) is 0 Å². The molecule has 2 N–H and O–H groups in total.